The third-order valence-corrected chi connectivity index (χ3v) is 6.18. The zero-order chi connectivity index (χ0) is 28.0. The Hall–Kier alpha value is -4.52. The minimum absolute atomic E-state index is 0.0641. The van der Waals surface area contributed by atoms with Crippen molar-refractivity contribution in [1.82, 2.24) is 5.32 Å². The van der Waals surface area contributed by atoms with Gasteiger partial charge in [0.2, 0.25) is 0 Å². The zero-order valence-electron chi connectivity index (χ0n) is 21.0. The maximum absolute atomic E-state index is 12.8. The highest BCUT2D eigenvalue weighted by molar-refractivity contribution is 5.83. The van der Waals surface area contributed by atoms with Gasteiger partial charge < -0.3 is 19.5 Å². The zero-order valence-corrected chi connectivity index (χ0v) is 21.0. The van der Waals surface area contributed by atoms with Crippen LogP contribution in [0.4, 0.5) is 13.2 Å². The van der Waals surface area contributed by atoms with Gasteiger partial charge in [-0.3, -0.25) is 9.59 Å². The van der Waals surface area contributed by atoms with Crippen molar-refractivity contribution in [2.24, 2.45) is 0 Å². The molecule has 3 aromatic rings. The molecule has 39 heavy (non-hydrogen) atoms. The number of hydrogen-bond acceptors (Lipinski definition) is 6. The fraction of sp³-hybridized carbons (Fsp3) is 0.276. The molecule has 4 rings (SSSR count). The number of esters is 1. The van der Waals surface area contributed by atoms with Crippen LogP contribution in [0.25, 0.3) is 0 Å². The number of carbonyl (C=O) groups is 2. The Labute approximate surface area is 223 Å². The minimum Gasteiger partial charge on any atom is -0.486 e. The van der Waals surface area contributed by atoms with Crippen LogP contribution in [0.5, 0.6) is 17.2 Å². The first-order valence-electron chi connectivity index (χ1n) is 12.3. The summed E-state index contributed by atoms with van der Waals surface area (Å²) in [7, 11) is 0. The number of alkyl halides is 3. The maximum Gasteiger partial charge on any atom is 0.471 e. The number of amides is 1. The normalized spacial score (nSPS) is 15.0. The molecule has 0 heterocycles. The molecule has 202 valence electrons. The largest absolute Gasteiger partial charge is 0.486 e. The molecule has 1 N–H and O–H groups in total. The molecule has 0 saturated carbocycles. The molecular formula is C29H25F3N2O5. The van der Waals surface area contributed by atoms with E-state index in [1.54, 1.807) is 43.3 Å². The number of benzene rings is 3. The number of carbonyl (C=O) groups excluding carboxylic acids is 2. The Morgan fingerprint density at radius 3 is 2.38 bits per heavy atom. The molecule has 10 heteroatoms. The van der Waals surface area contributed by atoms with Gasteiger partial charge in [-0.1, -0.05) is 24.3 Å². The second-order valence-corrected chi connectivity index (χ2v) is 8.81. The lowest BCUT2D eigenvalue weighted by Gasteiger charge is -2.20. The van der Waals surface area contributed by atoms with E-state index >= 15 is 0 Å². The lowest BCUT2D eigenvalue weighted by molar-refractivity contribution is -0.174. The summed E-state index contributed by atoms with van der Waals surface area (Å²) in [5.74, 6) is -1.09. The molecule has 2 atom stereocenters. The summed E-state index contributed by atoms with van der Waals surface area (Å²) < 4.78 is 55.6. The summed E-state index contributed by atoms with van der Waals surface area (Å²) in [6.45, 7) is 1.64. The third kappa shape index (κ3) is 6.87. The molecule has 0 radical (unpaired) electrons. The van der Waals surface area contributed by atoms with Crippen LogP contribution in [-0.4, -0.2) is 24.7 Å². The molecule has 3 aromatic carbocycles. The van der Waals surface area contributed by atoms with E-state index in [4.69, 9.17) is 19.5 Å². The number of halogens is 3. The van der Waals surface area contributed by atoms with Crippen molar-refractivity contribution in [2.75, 3.05) is 6.61 Å². The van der Waals surface area contributed by atoms with Crippen LogP contribution >= 0.6 is 0 Å². The highest BCUT2D eigenvalue weighted by Crippen LogP contribution is 2.41. The first kappa shape index (κ1) is 27.5. The number of nitrogens with zero attached hydrogens (tertiary/aromatic N) is 1. The number of ether oxygens (including phenoxy) is 3. The van der Waals surface area contributed by atoms with Gasteiger partial charge >= 0.3 is 18.1 Å². The van der Waals surface area contributed by atoms with Crippen molar-refractivity contribution in [3.63, 3.8) is 0 Å². The molecule has 7 nitrogen and oxygen atoms in total. The SMILES string of the molecule is CCOC(=O)CC(NC(=O)C(F)(F)F)c1ccc(O[C@@H]2CCc3c(Oc4ccc(C#N)cc4)cccc32)cc1. The predicted molar refractivity (Wildman–Crippen MR) is 134 cm³/mol. The Bertz CT molecular complexity index is 1370. The van der Waals surface area contributed by atoms with Crippen LogP contribution in [0.15, 0.2) is 66.7 Å². The van der Waals surface area contributed by atoms with E-state index in [9.17, 15) is 22.8 Å². The molecule has 0 aliphatic heterocycles. The van der Waals surface area contributed by atoms with Gasteiger partial charge in [0.1, 0.15) is 23.4 Å². The Kier molecular flexibility index (Phi) is 8.39. The number of hydrogen-bond donors (Lipinski definition) is 1. The van der Waals surface area contributed by atoms with Gasteiger partial charge in [-0.05, 0) is 73.4 Å². The first-order chi connectivity index (χ1) is 18.7. The summed E-state index contributed by atoms with van der Waals surface area (Å²) in [5, 5.41) is 10.8. The lowest BCUT2D eigenvalue weighted by atomic mass is 10.0. The Balaban J connectivity index is 1.47. The lowest BCUT2D eigenvalue weighted by Crippen LogP contribution is -2.40. The van der Waals surface area contributed by atoms with Gasteiger partial charge in [0.05, 0.1) is 30.7 Å². The monoisotopic (exact) mass is 538 g/mol. The summed E-state index contributed by atoms with van der Waals surface area (Å²) in [4.78, 5) is 23.5. The third-order valence-electron chi connectivity index (χ3n) is 6.18. The van der Waals surface area contributed by atoms with Crippen LogP contribution in [0, 0.1) is 11.3 Å². The molecule has 0 fully saturated rings. The highest BCUT2D eigenvalue weighted by Gasteiger charge is 2.40. The second-order valence-electron chi connectivity index (χ2n) is 8.81. The van der Waals surface area contributed by atoms with Crippen LogP contribution in [0.1, 0.15) is 54.2 Å². The van der Waals surface area contributed by atoms with Gasteiger partial charge in [0, 0.05) is 5.56 Å². The summed E-state index contributed by atoms with van der Waals surface area (Å²) in [6, 6.07) is 19.6. The van der Waals surface area contributed by atoms with Gasteiger partial charge in [0.15, 0.2) is 0 Å². The van der Waals surface area contributed by atoms with Crippen LogP contribution in [0.2, 0.25) is 0 Å². The fourth-order valence-corrected chi connectivity index (χ4v) is 4.35. The van der Waals surface area contributed by atoms with Crippen LogP contribution < -0.4 is 14.8 Å². The quantitative estimate of drug-likeness (QED) is 0.331. The predicted octanol–water partition coefficient (Wildman–Crippen LogP) is 6.09. The number of nitriles is 1. The molecule has 1 aliphatic rings. The topological polar surface area (TPSA) is 97.7 Å². The van der Waals surface area contributed by atoms with Crippen molar-refractivity contribution in [3.8, 4) is 23.3 Å². The standard InChI is InChI=1S/C29H25F3N2O5/c1-2-37-27(35)16-24(34-28(36)29(30,31)32)19-8-12-21(13-9-19)39-26-15-14-23-22(26)4-3-5-25(23)38-20-10-6-18(17-33)7-11-20/h3-13,24,26H,2,14-16H2,1H3,(H,34,36)/t24?,26-/m1/s1. The number of rotatable bonds is 9. The Morgan fingerprint density at radius 2 is 1.74 bits per heavy atom. The van der Waals surface area contributed by atoms with E-state index < -0.39 is 30.5 Å². The van der Waals surface area contributed by atoms with Crippen molar-refractivity contribution in [2.45, 2.75) is 44.5 Å². The first-order valence-corrected chi connectivity index (χ1v) is 12.3. The molecular weight excluding hydrogens is 513 g/mol. The van der Waals surface area contributed by atoms with Gasteiger partial charge in [-0.15, -0.1) is 0 Å². The molecule has 1 unspecified atom stereocenters. The average Bonchev–Trinajstić information content (AvgIpc) is 3.32. The van der Waals surface area contributed by atoms with E-state index in [0.717, 1.165) is 17.5 Å². The van der Waals surface area contributed by atoms with Crippen molar-refractivity contribution in [3.05, 3.63) is 89.0 Å². The summed E-state index contributed by atoms with van der Waals surface area (Å²) >= 11 is 0. The van der Waals surface area contributed by atoms with E-state index in [1.807, 2.05) is 23.5 Å². The molecule has 0 bridgehead atoms. The number of nitrogens with one attached hydrogen (secondary N) is 1. The average molecular weight is 539 g/mol. The summed E-state index contributed by atoms with van der Waals surface area (Å²) in [6.07, 6.45) is -4.40. The van der Waals surface area contributed by atoms with E-state index in [0.29, 0.717) is 34.8 Å². The Morgan fingerprint density at radius 1 is 1.05 bits per heavy atom. The maximum atomic E-state index is 12.8. The molecule has 1 aliphatic carbocycles. The van der Waals surface area contributed by atoms with Crippen LogP contribution in [-0.2, 0) is 20.7 Å². The molecule has 0 spiro atoms. The highest BCUT2D eigenvalue weighted by atomic mass is 19.4. The van der Waals surface area contributed by atoms with Crippen molar-refractivity contribution in [1.29, 1.82) is 5.26 Å². The smallest absolute Gasteiger partial charge is 0.471 e. The van der Waals surface area contributed by atoms with E-state index in [2.05, 4.69) is 6.07 Å². The second kappa shape index (κ2) is 11.9. The van der Waals surface area contributed by atoms with Gasteiger partial charge in [-0.2, -0.15) is 18.4 Å². The van der Waals surface area contributed by atoms with Crippen LogP contribution in [0.3, 0.4) is 0 Å². The molecule has 1 amide bonds. The van der Waals surface area contributed by atoms with Crippen molar-refractivity contribution >= 4 is 11.9 Å². The van der Waals surface area contributed by atoms with Gasteiger partial charge in [0.25, 0.3) is 0 Å². The molecule has 0 saturated heterocycles. The van der Waals surface area contributed by atoms with E-state index in [-0.39, 0.29) is 12.7 Å². The van der Waals surface area contributed by atoms with Gasteiger partial charge in [-0.25, -0.2) is 0 Å². The summed E-state index contributed by atoms with van der Waals surface area (Å²) in [5.41, 5.74) is 2.81. The van der Waals surface area contributed by atoms with E-state index in [1.165, 1.54) is 12.1 Å². The van der Waals surface area contributed by atoms with Crippen molar-refractivity contribution < 1.29 is 37.0 Å². The minimum atomic E-state index is -5.09. The number of fused-ring (bicyclic) bond motifs is 1. The fourth-order valence-electron chi connectivity index (χ4n) is 4.35. The molecule has 0 aromatic heterocycles.